The molecule has 2 heterocycles. The van der Waals surface area contributed by atoms with E-state index in [1.807, 2.05) is 0 Å². The highest BCUT2D eigenvalue weighted by Crippen LogP contribution is 2.21. The molecule has 0 radical (unpaired) electrons. The highest BCUT2D eigenvalue weighted by molar-refractivity contribution is 5.90. The number of likely N-dealkylation sites (tertiary alicyclic amines) is 1. The first-order valence-corrected chi connectivity index (χ1v) is 7.04. The predicted octanol–water partition coefficient (Wildman–Crippen LogP) is 0.635. The SMILES string of the molecule is CN1CCC(O)(C#Cc2cc(F)cc(NC3C=NC3)c2)C1=O. The number of hydrogen-bond donors (Lipinski definition) is 2. The van der Waals surface area contributed by atoms with Crippen molar-refractivity contribution in [2.45, 2.75) is 18.1 Å². The molecule has 22 heavy (non-hydrogen) atoms. The van der Waals surface area contributed by atoms with Crippen LogP contribution >= 0.6 is 0 Å². The molecule has 114 valence electrons. The lowest BCUT2D eigenvalue weighted by atomic mass is 10.0. The fraction of sp³-hybridized carbons (Fsp3) is 0.375. The molecule has 0 spiro atoms. The summed E-state index contributed by atoms with van der Waals surface area (Å²) in [5, 5.41) is 13.3. The number of amides is 1. The van der Waals surface area contributed by atoms with Gasteiger partial charge in [-0.15, -0.1) is 0 Å². The minimum absolute atomic E-state index is 0.108. The lowest BCUT2D eigenvalue weighted by Crippen LogP contribution is -2.37. The number of carbonyl (C=O) groups excluding carboxylic acids is 1. The molecule has 0 aromatic heterocycles. The average Bonchev–Trinajstić information content (AvgIpc) is 2.69. The zero-order chi connectivity index (χ0) is 15.7. The molecule has 0 aliphatic carbocycles. The van der Waals surface area contributed by atoms with E-state index in [-0.39, 0.29) is 12.5 Å². The van der Waals surface area contributed by atoms with Crippen molar-refractivity contribution in [3.8, 4) is 11.8 Å². The van der Waals surface area contributed by atoms with Crippen molar-refractivity contribution >= 4 is 17.8 Å². The summed E-state index contributed by atoms with van der Waals surface area (Å²) in [5.74, 6) is 4.45. The zero-order valence-electron chi connectivity index (χ0n) is 12.1. The Bertz CT molecular complexity index is 707. The second-order valence-electron chi connectivity index (χ2n) is 5.58. The number of benzene rings is 1. The summed E-state index contributed by atoms with van der Waals surface area (Å²) in [6.45, 7) is 1.12. The van der Waals surface area contributed by atoms with Gasteiger partial charge in [0, 0.05) is 37.5 Å². The van der Waals surface area contributed by atoms with Gasteiger partial charge < -0.3 is 15.3 Å². The Morgan fingerprint density at radius 3 is 2.86 bits per heavy atom. The summed E-state index contributed by atoms with van der Waals surface area (Å²) in [4.78, 5) is 17.2. The number of aliphatic hydroxyl groups is 1. The maximum Gasteiger partial charge on any atom is 0.267 e. The van der Waals surface area contributed by atoms with E-state index in [1.165, 1.54) is 17.0 Å². The molecule has 1 aromatic rings. The van der Waals surface area contributed by atoms with E-state index < -0.39 is 17.3 Å². The maximum absolute atomic E-state index is 13.7. The molecule has 5 nitrogen and oxygen atoms in total. The van der Waals surface area contributed by atoms with Crippen LogP contribution in [0.4, 0.5) is 10.1 Å². The number of aliphatic imine (C=N–C) groups is 1. The fourth-order valence-corrected chi connectivity index (χ4v) is 2.40. The molecule has 2 N–H and O–H groups in total. The quantitative estimate of drug-likeness (QED) is 0.788. The van der Waals surface area contributed by atoms with Crippen molar-refractivity contribution in [2.24, 2.45) is 4.99 Å². The molecule has 1 aromatic carbocycles. The van der Waals surface area contributed by atoms with Crippen LogP contribution in [-0.4, -0.2) is 53.9 Å². The second-order valence-corrected chi connectivity index (χ2v) is 5.58. The van der Waals surface area contributed by atoms with Gasteiger partial charge in [0.05, 0.1) is 12.6 Å². The Balaban J connectivity index is 1.82. The summed E-state index contributed by atoms with van der Waals surface area (Å²) < 4.78 is 13.7. The number of nitrogens with zero attached hydrogens (tertiary/aromatic N) is 2. The van der Waals surface area contributed by atoms with Gasteiger partial charge in [-0.1, -0.05) is 11.8 Å². The van der Waals surface area contributed by atoms with Gasteiger partial charge in [0.15, 0.2) is 0 Å². The first-order valence-electron chi connectivity index (χ1n) is 7.04. The Labute approximate surface area is 127 Å². The molecule has 1 amide bonds. The minimum Gasteiger partial charge on any atom is -0.375 e. The van der Waals surface area contributed by atoms with Crippen molar-refractivity contribution in [3.63, 3.8) is 0 Å². The topological polar surface area (TPSA) is 64.9 Å². The van der Waals surface area contributed by atoms with Crippen molar-refractivity contribution in [1.29, 1.82) is 0 Å². The van der Waals surface area contributed by atoms with Crippen LogP contribution in [0.3, 0.4) is 0 Å². The van der Waals surface area contributed by atoms with Crippen molar-refractivity contribution in [1.82, 2.24) is 4.90 Å². The number of halogens is 1. The number of likely N-dealkylation sites (N-methyl/N-ethyl adjacent to an activating group) is 1. The highest BCUT2D eigenvalue weighted by atomic mass is 19.1. The average molecular weight is 301 g/mol. The van der Waals surface area contributed by atoms with Crippen molar-refractivity contribution < 1.29 is 14.3 Å². The molecule has 2 unspecified atom stereocenters. The van der Waals surface area contributed by atoms with Crippen LogP contribution in [0.5, 0.6) is 0 Å². The van der Waals surface area contributed by atoms with Gasteiger partial charge in [-0.3, -0.25) is 9.79 Å². The van der Waals surface area contributed by atoms with Gasteiger partial charge in [0.25, 0.3) is 5.91 Å². The number of carbonyl (C=O) groups is 1. The molecule has 0 bridgehead atoms. The Morgan fingerprint density at radius 1 is 1.50 bits per heavy atom. The van der Waals surface area contributed by atoms with Crippen LogP contribution in [0, 0.1) is 17.7 Å². The van der Waals surface area contributed by atoms with E-state index in [4.69, 9.17) is 0 Å². The molecule has 3 rings (SSSR count). The van der Waals surface area contributed by atoms with Gasteiger partial charge in [-0.25, -0.2) is 4.39 Å². The van der Waals surface area contributed by atoms with Crippen LogP contribution in [0.25, 0.3) is 0 Å². The molecule has 0 saturated carbocycles. The lowest BCUT2D eigenvalue weighted by molar-refractivity contribution is -0.137. The van der Waals surface area contributed by atoms with E-state index in [1.54, 1.807) is 19.3 Å². The summed E-state index contributed by atoms with van der Waals surface area (Å²) in [5.41, 5.74) is -0.660. The third kappa shape index (κ3) is 2.81. The minimum atomic E-state index is -1.67. The third-order valence-corrected chi connectivity index (χ3v) is 3.76. The van der Waals surface area contributed by atoms with E-state index in [2.05, 4.69) is 22.2 Å². The van der Waals surface area contributed by atoms with Crippen LogP contribution in [-0.2, 0) is 4.79 Å². The first-order chi connectivity index (χ1) is 10.5. The number of nitrogens with one attached hydrogen (secondary N) is 1. The van der Waals surface area contributed by atoms with Gasteiger partial charge in [0.1, 0.15) is 5.82 Å². The van der Waals surface area contributed by atoms with E-state index in [9.17, 15) is 14.3 Å². The normalized spacial score (nSPS) is 26.4. The van der Waals surface area contributed by atoms with Gasteiger partial charge >= 0.3 is 0 Å². The summed E-state index contributed by atoms with van der Waals surface area (Å²) in [7, 11) is 1.62. The second kappa shape index (κ2) is 5.43. The number of anilines is 1. The van der Waals surface area contributed by atoms with Crippen molar-refractivity contribution in [2.75, 3.05) is 25.5 Å². The highest BCUT2D eigenvalue weighted by Gasteiger charge is 2.42. The van der Waals surface area contributed by atoms with Crippen LogP contribution in [0.2, 0.25) is 0 Å². The largest absolute Gasteiger partial charge is 0.375 e. The fourth-order valence-electron chi connectivity index (χ4n) is 2.40. The monoisotopic (exact) mass is 301 g/mol. The number of rotatable bonds is 2. The summed E-state index contributed by atoms with van der Waals surface area (Å²) >= 11 is 0. The van der Waals surface area contributed by atoms with Crippen LogP contribution < -0.4 is 5.32 Å². The Hall–Kier alpha value is -2.39. The Kier molecular flexibility index (Phi) is 3.59. The molecule has 1 saturated heterocycles. The Morgan fingerprint density at radius 2 is 2.27 bits per heavy atom. The molecular weight excluding hydrogens is 285 g/mol. The van der Waals surface area contributed by atoms with E-state index in [0.29, 0.717) is 24.3 Å². The van der Waals surface area contributed by atoms with Gasteiger partial charge in [-0.05, 0) is 18.2 Å². The van der Waals surface area contributed by atoms with Crippen molar-refractivity contribution in [3.05, 3.63) is 29.6 Å². The smallest absolute Gasteiger partial charge is 0.267 e. The lowest BCUT2D eigenvalue weighted by Gasteiger charge is -2.19. The standard InChI is InChI=1S/C16H16FN3O2/c1-20-5-4-16(22,15(20)21)3-2-11-6-12(17)8-13(7-11)19-14-9-18-10-14/h6-9,14,19,22H,4-5,10H2,1H3. The van der Waals surface area contributed by atoms with Crippen LogP contribution in [0.15, 0.2) is 23.2 Å². The molecule has 6 heteroatoms. The third-order valence-electron chi connectivity index (χ3n) is 3.76. The molecule has 1 fully saturated rings. The van der Waals surface area contributed by atoms with Gasteiger partial charge in [0.2, 0.25) is 5.60 Å². The van der Waals surface area contributed by atoms with Crippen LogP contribution in [0.1, 0.15) is 12.0 Å². The molecule has 2 aliphatic heterocycles. The summed E-state index contributed by atoms with van der Waals surface area (Å²) in [6, 6.07) is 4.45. The summed E-state index contributed by atoms with van der Waals surface area (Å²) in [6.07, 6.45) is 2.01. The first kappa shape index (κ1) is 14.5. The number of hydrogen-bond acceptors (Lipinski definition) is 4. The van der Waals surface area contributed by atoms with E-state index in [0.717, 1.165) is 0 Å². The van der Waals surface area contributed by atoms with Gasteiger partial charge in [-0.2, -0.15) is 0 Å². The predicted molar refractivity (Wildman–Crippen MR) is 81.3 cm³/mol. The molecule has 2 atom stereocenters. The molecule has 2 aliphatic rings. The zero-order valence-corrected chi connectivity index (χ0v) is 12.1. The maximum atomic E-state index is 13.7. The molecular formula is C16H16FN3O2. The van der Waals surface area contributed by atoms with E-state index >= 15 is 0 Å².